The second-order valence-corrected chi connectivity index (χ2v) is 7.80. The number of benzene rings is 2. The Morgan fingerprint density at radius 2 is 1.84 bits per heavy atom. The van der Waals surface area contributed by atoms with Crippen LogP contribution in [0.3, 0.4) is 0 Å². The van der Waals surface area contributed by atoms with Crippen molar-refractivity contribution in [2.75, 3.05) is 12.0 Å². The quantitative estimate of drug-likeness (QED) is 0.315. The number of hydrogen-bond donors (Lipinski definition) is 1. The standard InChI is InChI=1S/C23H17BrFNO5/c1-12-3-9-18(31-12)20-19(21(27)13-4-10-17(30-2)16(24)11-13)22(28)23(29)26(20)15-7-5-14(25)6-8-15/h3-11,20,27H,1-2H3/b21-19-. The van der Waals surface area contributed by atoms with Crippen LogP contribution in [-0.4, -0.2) is 23.9 Å². The Morgan fingerprint density at radius 3 is 2.42 bits per heavy atom. The van der Waals surface area contributed by atoms with E-state index < -0.39 is 23.5 Å². The van der Waals surface area contributed by atoms with Crippen LogP contribution in [0, 0.1) is 12.7 Å². The van der Waals surface area contributed by atoms with E-state index in [4.69, 9.17) is 9.15 Å². The number of Topliss-reactive ketones (excluding diaryl/α,β-unsaturated/α-hetero) is 1. The lowest BCUT2D eigenvalue weighted by Gasteiger charge is -2.23. The minimum absolute atomic E-state index is 0.124. The Hall–Kier alpha value is -3.39. The van der Waals surface area contributed by atoms with Gasteiger partial charge >= 0.3 is 0 Å². The largest absolute Gasteiger partial charge is 0.507 e. The molecule has 0 bridgehead atoms. The summed E-state index contributed by atoms with van der Waals surface area (Å²) in [7, 11) is 1.51. The number of ketones is 1. The summed E-state index contributed by atoms with van der Waals surface area (Å²) in [5.74, 6) is -1.13. The van der Waals surface area contributed by atoms with E-state index in [2.05, 4.69) is 15.9 Å². The van der Waals surface area contributed by atoms with E-state index in [9.17, 15) is 19.1 Å². The molecule has 3 aromatic rings. The van der Waals surface area contributed by atoms with Gasteiger partial charge in [-0.2, -0.15) is 0 Å². The van der Waals surface area contributed by atoms with Gasteiger partial charge in [0.2, 0.25) is 0 Å². The second-order valence-electron chi connectivity index (χ2n) is 6.94. The fourth-order valence-electron chi connectivity index (χ4n) is 3.54. The summed E-state index contributed by atoms with van der Waals surface area (Å²) in [6.45, 7) is 1.73. The van der Waals surface area contributed by atoms with Crippen LogP contribution in [0.25, 0.3) is 5.76 Å². The summed E-state index contributed by atoms with van der Waals surface area (Å²) in [5.41, 5.74) is 0.497. The SMILES string of the molecule is COc1ccc(/C(O)=C2/C(=O)C(=O)N(c3ccc(F)cc3)C2c2ccc(C)o2)cc1Br. The number of amides is 1. The molecule has 1 aromatic heterocycles. The fraction of sp³-hybridized carbons (Fsp3) is 0.130. The molecule has 0 saturated carbocycles. The molecule has 31 heavy (non-hydrogen) atoms. The number of nitrogens with zero attached hydrogens (tertiary/aromatic N) is 1. The Labute approximate surface area is 185 Å². The number of methoxy groups -OCH3 is 1. The highest BCUT2D eigenvalue weighted by molar-refractivity contribution is 9.10. The van der Waals surface area contributed by atoms with Crippen molar-refractivity contribution < 1.29 is 28.2 Å². The van der Waals surface area contributed by atoms with Crippen molar-refractivity contribution in [1.29, 1.82) is 0 Å². The highest BCUT2D eigenvalue weighted by atomic mass is 79.9. The molecule has 1 unspecified atom stereocenters. The number of rotatable bonds is 4. The number of aryl methyl sites for hydroxylation is 1. The zero-order valence-electron chi connectivity index (χ0n) is 16.6. The van der Waals surface area contributed by atoms with Crippen LogP contribution >= 0.6 is 15.9 Å². The molecule has 1 fully saturated rings. The maximum Gasteiger partial charge on any atom is 0.300 e. The molecule has 1 saturated heterocycles. The lowest BCUT2D eigenvalue weighted by molar-refractivity contribution is -0.132. The summed E-state index contributed by atoms with van der Waals surface area (Å²) in [5, 5.41) is 11.1. The van der Waals surface area contributed by atoms with Crippen LogP contribution in [0.4, 0.5) is 10.1 Å². The summed E-state index contributed by atoms with van der Waals surface area (Å²) < 4.78 is 24.9. The third-order valence-electron chi connectivity index (χ3n) is 5.01. The van der Waals surface area contributed by atoms with Gasteiger partial charge in [-0.15, -0.1) is 0 Å². The number of ether oxygens (including phenoxy) is 1. The zero-order chi connectivity index (χ0) is 22.3. The average molecular weight is 486 g/mol. The molecule has 6 nitrogen and oxygen atoms in total. The Bertz CT molecular complexity index is 1210. The predicted molar refractivity (Wildman–Crippen MR) is 115 cm³/mol. The summed E-state index contributed by atoms with van der Waals surface area (Å²) in [6, 6.07) is 12.3. The molecule has 2 heterocycles. The molecule has 8 heteroatoms. The highest BCUT2D eigenvalue weighted by Gasteiger charge is 2.48. The van der Waals surface area contributed by atoms with Gasteiger partial charge in [0.15, 0.2) is 0 Å². The van der Waals surface area contributed by atoms with E-state index in [0.717, 1.165) is 0 Å². The van der Waals surface area contributed by atoms with E-state index in [-0.39, 0.29) is 11.3 Å². The first kappa shape index (κ1) is 20.9. The molecule has 1 N–H and O–H groups in total. The predicted octanol–water partition coefficient (Wildman–Crippen LogP) is 5.12. The molecule has 1 aliphatic rings. The first-order valence-corrected chi connectivity index (χ1v) is 10.1. The molecule has 1 atom stereocenters. The molecule has 0 aliphatic carbocycles. The van der Waals surface area contributed by atoms with E-state index in [0.29, 0.717) is 33.0 Å². The maximum absolute atomic E-state index is 13.4. The van der Waals surface area contributed by atoms with Gasteiger partial charge in [0.25, 0.3) is 11.7 Å². The van der Waals surface area contributed by atoms with E-state index >= 15 is 0 Å². The minimum atomic E-state index is -1.01. The summed E-state index contributed by atoms with van der Waals surface area (Å²) in [4.78, 5) is 27.2. The highest BCUT2D eigenvalue weighted by Crippen LogP contribution is 2.43. The molecule has 0 spiro atoms. The molecular formula is C23H17BrFNO5. The van der Waals surface area contributed by atoms with Gasteiger partial charge in [-0.25, -0.2) is 4.39 Å². The zero-order valence-corrected chi connectivity index (χ0v) is 18.1. The Kier molecular flexibility index (Phi) is 5.41. The van der Waals surface area contributed by atoms with Crippen LogP contribution in [0.1, 0.15) is 23.1 Å². The van der Waals surface area contributed by atoms with Crippen molar-refractivity contribution in [1.82, 2.24) is 0 Å². The van der Waals surface area contributed by atoms with Crippen LogP contribution in [0.5, 0.6) is 5.75 Å². The lowest BCUT2D eigenvalue weighted by Crippen LogP contribution is -2.29. The number of carbonyl (C=O) groups excluding carboxylic acids is 2. The van der Waals surface area contributed by atoms with Gasteiger partial charge in [-0.05, 0) is 77.5 Å². The number of carbonyl (C=O) groups is 2. The van der Waals surface area contributed by atoms with E-state index in [1.807, 2.05) is 0 Å². The van der Waals surface area contributed by atoms with Crippen LogP contribution in [0.2, 0.25) is 0 Å². The van der Waals surface area contributed by atoms with Crippen LogP contribution < -0.4 is 9.64 Å². The normalized spacial score (nSPS) is 17.9. The van der Waals surface area contributed by atoms with Crippen molar-refractivity contribution in [2.45, 2.75) is 13.0 Å². The summed E-state index contributed by atoms with van der Waals surface area (Å²) >= 11 is 3.35. The maximum atomic E-state index is 13.4. The number of anilines is 1. The first-order chi connectivity index (χ1) is 14.8. The Morgan fingerprint density at radius 1 is 1.13 bits per heavy atom. The smallest absolute Gasteiger partial charge is 0.300 e. The van der Waals surface area contributed by atoms with Gasteiger partial charge in [-0.3, -0.25) is 14.5 Å². The minimum Gasteiger partial charge on any atom is -0.507 e. The number of aliphatic hydroxyl groups is 1. The third kappa shape index (κ3) is 3.63. The topological polar surface area (TPSA) is 80.0 Å². The number of hydrogen-bond acceptors (Lipinski definition) is 5. The monoisotopic (exact) mass is 485 g/mol. The molecule has 1 amide bonds. The van der Waals surface area contributed by atoms with Gasteiger partial charge in [-0.1, -0.05) is 0 Å². The van der Waals surface area contributed by atoms with Crippen molar-refractivity contribution in [3.63, 3.8) is 0 Å². The molecule has 2 aromatic carbocycles. The molecule has 4 rings (SSSR count). The number of halogens is 2. The van der Waals surface area contributed by atoms with Crippen molar-refractivity contribution in [3.8, 4) is 5.75 Å². The Balaban J connectivity index is 1.92. The average Bonchev–Trinajstić information content (AvgIpc) is 3.29. The first-order valence-electron chi connectivity index (χ1n) is 9.28. The summed E-state index contributed by atoms with van der Waals surface area (Å²) in [6.07, 6.45) is 0. The molecular weight excluding hydrogens is 469 g/mol. The van der Waals surface area contributed by atoms with Gasteiger partial charge in [0.05, 0.1) is 17.2 Å². The van der Waals surface area contributed by atoms with E-state index in [1.165, 1.54) is 36.3 Å². The van der Waals surface area contributed by atoms with Gasteiger partial charge < -0.3 is 14.3 Å². The van der Waals surface area contributed by atoms with Crippen LogP contribution in [0.15, 0.2) is 69.1 Å². The lowest BCUT2D eigenvalue weighted by atomic mass is 9.99. The van der Waals surface area contributed by atoms with Gasteiger partial charge in [0.1, 0.15) is 34.9 Å². The fourth-order valence-corrected chi connectivity index (χ4v) is 4.08. The van der Waals surface area contributed by atoms with Crippen LogP contribution in [-0.2, 0) is 9.59 Å². The van der Waals surface area contributed by atoms with Crippen molar-refractivity contribution in [3.05, 3.63) is 87.5 Å². The molecule has 1 aliphatic heterocycles. The van der Waals surface area contributed by atoms with Crippen molar-refractivity contribution in [2.24, 2.45) is 0 Å². The number of aliphatic hydroxyl groups excluding tert-OH is 1. The van der Waals surface area contributed by atoms with E-state index in [1.54, 1.807) is 37.3 Å². The second kappa shape index (κ2) is 8.03. The van der Waals surface area contributed by atoms with Crippen molar-refractivity contribution >= 4 is 39.1 Å². The molecule has 158 valence electrons. The van der Waals surface area contributed by atoms with Gasteiger partial charge in [0, 0.05) is 11.3 Å². The number of furan rings is 1. The third-order valence-corrected chi connectivity index (χ3v) is 5.62. The molecule has 0 radical (unpaired) electrons.